The lowest BCUT2D eigenvalue weighted by Crippen LogP contribution is -2.46. The zero-order valence-corrected chi connectivity index (χ0v) is 35.7. The van der Waals surface area contributed by atoms with Gasteiger partial charge in [0.1, 0.15) is 13.2 Å². The summed E-state index contributed by atoms with van der Waals surface area (Å²) in [6.07, 6.45) is 40.3. The molecule has 0 aliphatic carbocycles. The molecule has 0 heterocycles. The first-order valence-corrected chi connectivity index (χ1v) is 23.1. The molecule has 0 aromatic heterocycles. The number of hydrogen-bond acceptors (Lipinski definition) is 6. The Bertz CT molecular complexity index is 907. The van der Waals surface area contributed by atoms with Gasteiger partial charge in [0.25, 0.3) is 7.82 Å². The van der Waals surface area contributed by atoms with Crippen molar-refractivity contribution < 1.29 is 32.9 Å². The molecule has 0 aromatic rings. The number of carbonyl (C=O) groups excluding carboxylic acids is 1. The van der Waals surface area contributed by atoms with Crippen molar-refractivity contribution in [3.8, 4) is 0 Å². The molecular formula is C43H85N2O6P. The van der Waals surface area contributed by atoms with E-state index in [0.29, 0.717) is 23.9 Å². The van der Waals surface area contributed by atoms with Crippen molar-refractivity contribution in [3.05, 3.63) is 24.3 Å². The number of likely N-dealkylation sites (N-methyl/N-ethyl adjacent to an activating group) is 1. The average Bonchev–Trinajstić information content (AvgIpc) is 3.09. The molecule has 9 heteroatoms. The molecular weight excluding hydrogens is 671 g/mol. The van der Waals surface area contributed by atoms with Gasteiger partial charge >= 0.3 is 0 Å². The summed E-state index contributed by atoms with van der Waals surface area (Å²) < 4.78 is 23.2. The number of phosphoric acid groups is 1. The summed E-state index contributed by atoms with van der Waals surface area (Å²) >= 11 is 0. The quantitative estimate of drug-likeness (QED) is 0.0280. The minimum absolute atomic E-state index is 0.00973. The number of quaternary nitrogens is 1. The van der Waals surface area contributed by atoms with Crippen LogP contribution in [-0.2, 0) is 18.4 Å². The maximum absolute atomic E-state index is 12.8. The zero-order chi connectivity index (χ0) is 38.6. The molecule has 1 amide bonds. The number of phosphoric ester groups is 1. The summed E-state index contributed by atoms with van der Waals surface area (Å²) in [6, 6.07) is -0.804. The molecule has 8 nitrogen and oxygen atoms in total. The average molecular weight is 757 g/mol. The summed E-state index contributed by atoms with van der Waals surface area (Å²) in [5.41, 5.74) is 0. The van der Waals surface area contributed by atoms with Gasteiger partial charge in [-0.1, -0.05) is 167 Å². The normalized spacial score (nSPS) is 14.7. The van der Waals surface area contributed by atoms with E-state index in [9.17, 15) is 19.4 Å². The van der Waals surface area contributed by atoms with Crippen molar-refractivity contribution in [1.29, 1.82) is 0 Å². The van der Waals surface area contributed by atoms with Crippen LogP contribution in [0.1, 0.15) is 194 Å². The van der Waals surface area contributed by atoms with Crippen LogP contribution in [0.5, 0.6) is 0 Å². The van der Waals surface area contributed by atoms with E-state index in [1.54, 1.807) is 0 Å². The monoisotopic (exact) mass is 757 g/mol. The fourth-order valence-electron chi connectivity index (χ4n) is 6.19. The van der Waals surface area contributed by atoms with Crippen molar-refractivity contribution >= 4 is 13.7 Å². The molecule has 0 aliphatic rings. The van der Waals surface area contributed by atoms with Crippen molar-refractivity contribution in [2.75, 3.05) is 40.9 Å². The molecule has 2 N–H and O–H groups in total. The van der Waals surface area contributed by atoms with Crippen LogP contribution < -0.4 is 10.2 Å². The fourth-order valence-corrected chi connectivity index (χ4v) is 6.91. The van der Waals surface area contributed by atoms with Crippen molar-refractivity contribution in [2.45, 2.75) is 206 Å². The Kier molecular flexibility index (Phi) is 35.0. The Hall–Kier alpha value is -1.02. The highest BCUT2D eigenvalue weighted by atomic mass is 31.2. The first kappa shape index (κ1) is 51.0. The number of nitrogens with one attached hydrogen (secondary N) is 1. The van der Waals surface area contributed by atoms with Crippen LogP contribution in [0.4, 0.5) is 0 Å². The Balaban J connectivity index is 4.41. The number of rotatable bonds is 39. The van der Waals surface area contributed by atoms with Crippen LogP contribution in [-0.4, -0.2) is 68.5 Å². The van der Waals surface area contributed by atoms with Crippen LogP contribution in [0, 0.1) is 0 Å². The second-order valence-electron chi connectivity index (χ2n) is 16.1. The number of unbranched alkanes of at least 4 members (excludes halogenated alkanes) is 22. The van der Waals surface area contributed by atoms with Gasteiger partial charge in [-0.05, 0) is 44.9 Å². The highest BCUT2D eigenvalue weighted by Crippen LogP contribution is 2.38. The molecule has 0 saturated carbocycles. The molecule has 52 heavy (non-hydrogen) atoms. The predicted molar refractivity (Wildman–Crippen MR) is 219 cm³/mol. The second-order valence-corrected chi connectivity index (χ2v) is 17.5. The zero-order valence-electron chi connectivity index (χ0n) is 34.8. The molecule has 308 valence electrons. The second kappa shape index (κ2) is 35.7. The lowest BCUT2D eigenvalue weighted by Gasteiger charge is -2.30. The van der Waals surface area contributed by atoms with Crippen molar-refractivity contribution in [3.63, 3.8) is 0 Å². The Morgan fingerprint density at radius 1 is 0.673 bits per heavy atom. The topological polar surface area (TPSA) is 108 Å². The van der Waals surface area contributed by atoms with Crippen LogP contribution in [0.3, 0.4) is 0 Å². The minimum Gasteiger partial charge on any atom is -0.756 e. The summed E-state index contributed by atoms with van der Waals surface area (Å²) in [4.78, 5) is 25.3. The van der Waals surface area contributed by atoms with E-state index in [4.69, 9.17) is 9.05 Å². The number of carbonyl (C=O) groups is 1. The molecule has 0 bridgehead atoms. The molecule has 0 aromatic carbocycles. The van der Waals surface area contributed by atoms with Gasteiger partial charge < -0.3 is 28.8 Å². The Labute approximate surface area is 322 Å². The van der Waals surface area contributed by atoms with Gasteiger partial charge in [-0.2, -0.15) is 0 Å². The van der Waals surface area contributed by atoms with Gasteiger partial charge in [0.2, 0.25) is 5.91 Å². The lowest BCUT2D eigenvalue weighted by molar-refractivity contribution is -0.870. The third-order valence-corrected chi connectivity index (χ3v) is 10.7. The van der Waals surface area contributed by atoms with Crippen LogP contribution in [0.15, 0.2) is 24.3 Å². The highest BCUT2D eigenvalue weighted by molar-refractivity contribution is 7.45. The fraction of sp³-hybridized carbons (Fsp3) is 0.884. The summed E-state index contributed by atoms with van der Waals surface area (Å²) in [5.74, 6) is -0.179. The standard InChI is InChI=1S/C43H85N2O6P/c1-6-8-10-12-14-16-18-20-22-24-26-28-30-32-34-36-42(46)41(40-51-52(48,49)50-39-38-45(3,4)5)44-43(47)37-35-33-31-29-27-25-23-21-19-17-15-13-11-9-7-2/h15,17,21,23,41-42,46H,6-14,16,18-20,22,24-40H2,1-5H3,(H-,44,47,48,49)/b17-15-,23-21-. The van der Waals surface area contributed by atoms with Gasteiger partial charge in [0, 0.05) is 6.42 Å². The van der Waals surface area contributed by atoms with Crippen LogP contribution in [0.2, 0.25) is 0 Å². The third kappa shape index (κ3) is 37.3. The number of allylic oxidation sites excluding steroid dienone is 4. The molecule has 0 saturated heterocycles. The maximum Gasteiger partial charge on any atom is 0.268 e. The van der Waals surface area contributed by atoms with Gasteiger partial charge in [-0.3, -0.25) is 9.36 Å². The predicted octanol–water partition coefficient (Wildman–Crippen LogP) is 11.1. The number of nitrogens with zero attached hydrogens (tertiary/aromatic N) is 1. The number of hydrogen-bond donors (Lipinski definition) is 2. The van der Waals surface area contributed by atoms with E-state index in [2.05, 4.69) is 43.5 Å². The van der Waals surface area contributed by atoms with E-state index in [1.807, 2.05) is 21.1 Å². The Morgan fingerprint density at radius 3 is 1.63 bits per heavy atom. The van der Waals surface area contributed by atoms with Gasteiger partial charge in [-0.25, -0.2) is 0 Å². The van der Waals surface area contributed by atoms with Gasteiger partial charge in [-0.15, -0.1) is 0 Å². The lowest BCUT2D eigenvalue weighted by atomic mass is 10.0. The molecule has 0 fully saturated rings. The number of aliphatic hydroxyl groups excluding tert-OH is 1. The maximum atomic E-state index is 12.8. The minimum atomic E-state index is -4.56. The smallest absolute Gasteiger partial charge is 0.268 e. The van der Waals surface area contributed by atoms with Crippen LogP contribution >= 0.6 is 7.82 Å². The summed E-state index contributed by atoms with van der Waals surface area (Å²) in [5, 5.41) is 13.9. The molecule has 3 unspecified atom stereocenters. The third-order valence-electron chi connectivity index (χ3n) is 9.69. The first-order valence-electron chi connectivity index (χ1n) is 21.7. The van der Waals surface area contributed by atoms with Crippen LogP contribution in [0.25, 0.3) is 0 Å². The largest absolute Gasteiger partial charge is 0.756 e. The summed E-state index contributed by atoms with van der Waals surface area (Å²) in [7, 11) is 1.29. The number of amides is 1. The van der Waals surface area contributed by atoms with E-state index in [0.717, 1.165) is 64.2 Å². The van der Waals surface area contributed by atoms with E-state index >= 15 is 0 Å². The molecule has 0 spiro atoms. The van der Waals surface area contributed by atoms with Gasteiger partial charge in [0.15, 0.2) is 0 Å². The van der Waals surface area contributed by atoms with E-state index in [-0.39, 0.29) is 19.1 Å². The highest BCUT2D eigenvalue weighted by Gasteiger charge is 2.24. The molecule has 0 rings (SSSR count). The first-order chi connectivity index (χ1) is 25.0. The SMILES string of the molecule is CCCCC/C=C\C/C=C\CCCCCCCC(=O)NC(COP(=O)([O-])OCC[N+](C)(C)C)C(O)CCCCCCCCCCCCCCCCC. The van der Waals surface area contributed by atoms with Crippen molar-refractivity contribution in [2.24, 2.45) is 0 Å². The molecule has 3 atom stereocenters. The Morgan fingerprint density at radius 2 is 1.12 bits per heavy atom. The molecule has 0 aliphatic heterocycles. The van der Waals surface area contributed by atoms with E-state index < -0.39 is 20.0 Å². The molecule has 0 radical (unpaired) electrons. The van der Waals surface area contributed by atoms with Gasteiger partial charge in [0.05, 0.1) is 39.9 Å². The van der Waals surface area contributed by atoms with E-state index in [1.165, 1.54) is 103 Å². The summed E-state index contributed by atoms with van der Waals surface area (Å²) in [6.45, 7) is 4.68. The van der Waals surface area contributed by atoms with Crippen molar-refractivity contribution in [1.82, 2.24) is 5.32 Å². The number of aliphatic hydroxyl groups is 1.